The van der Waals surface area contributed by atoms with Crippen LogP contribution in [0.25, 0.3) is 0 Å². The molecule has 3 nitrogen and oxygen atoms in total. The summed E-state index contributed by atoms with van der Waals surface area (Å²) in [5, 5.41) is 12.8. The minimum absolute atomic E-state index is 0.218. The van der Waals surface area contributed by atoms with Crippen LogP contribution in [0.3, 0.4) is 0 Å². The number of hydrogen-bond acceptors (Lipinski definition) is 3. The number of methoxy groups -OCH3 is 1. The Hall–Kier alpha value is -1.06. The number of piperidine rings is 1. The zero-order valence-electron chi connectivity index (χ0n) is 8.99. The number of phenols is 1. The normalized spacial score (nSPS) is 20.1. The maximum Gasteiger partial charge on any atom is 0.115 e. The van der Waals surface area contributed by atoms with E-state index in [1.807, 2.05) is 12.1 Å². The number of phenolic OH excluding ortho intramolecular Hbond substituents is 1. The zero-order chi connectivity index (χ0) is 10.7. The van der Waals surface area contributed by atoms with E-state index in [2.05, 4.69) is 5.32 Å². The van der Waals surface area contributed by atoms with Crippen LogP contribution >= 0.6 is 0 Å². The summed E-state index contributed by atoms with van der Waals surface area (Å²) in [6, 6.07) is 7.38. The molecule has 0 unspecified atom stereocenters. The Balaban J connectivity index is 2.32. The van der Waals surface area contributed by atoms with Crippen LogP contribution in [0.1, 0.15) is 18.4 Å². The molecule has 0 aliphatic carbocycles. The van der Waals surface area contributed by atoms with Crippen molar-refractivity contribution in [2.45, 2.75) is 18.4 Å². The molecule has 1 heterocycles. The highest BCUT2D eigenvalue weighted by Crippen LogP contribution is 2.35. The van der Waals surface area contributed by atoms with Crippen molar-refractivity contribution >= 4 is 0 Å². The average molecular weight is 207 g/mol. The average Bonchev–Trinajstić information content (AvgIpc) is 2.30. The van der Waals surface area contributed by atoms with E-state index in [9.17, 15) is 5.11 Å². The third kappa shape index (κ3) is 1.98. The number of hydrogen-bond donors (Lipinski definition) is 2. The quantitative estimate of drug-likeness (QED) is 0.774. The molecule has 1 aromatic carbocycles. The topological polar surface area (TPSA) is 41.5 Å². The molecular weight excluding hydrogens is 190 g/mol. The number of ether oxygens (including phenoxy) is 1. The Morgan fingerprint density at radius 1 is 1.33 bits per heavy atom. The van der Waals surface area contributed by atoms with Gasteiger partial charge in [0.1, 0.15) is 5.75 Å². The van der Waals surface area contributed by atoms with E-state index in [0.717, 1.165) is 31.5 Å². The SMILES string of the molecule is COC1(c2cccc(O)c2)CCNCC1. The lowest BCUT2D eigenvalue weighted by atomic mass is 9.85. The van der Waals surface area contributed by atoms with Gasteiger partial charge < -0.3 is 15.2 Å². The minimum atomic E-state index is -0.218. The fourth-order valence-electron chi connectivity index (χ4n) is 2.23. The van der Waals surface area contributed by atoms with Crippen molar-refractivity contribution in [3.8, 4) is 5.75 Å². The van der Waals surface area contributed by atoms with Crippen LogP contribution in [-0.4, -0.2) is 25.3 Å². The molecule has 1 fully saturated rings. The van der Waals surface area contributed by atoms with Crippen LogP contribution in [-0.2, 0) is 10.3 Å². The fraction of sp³-hybridized carbons (Fsp3) is 0.500. The van der Waals surface area contributed by atoms with Gasteiger partial charge in [-0.3, -0.25) is 0 Å². The summed E-state index contributed by atoms with van der Waals surface area (Å²) in [5.41, 5.74) is 0.857. The van der Waals surface area contributed by atoms with Crippen molar-refractivity contribution < 1.29 is 9.84 Å². The van der Waals surface area contributed by atoms with Crippen LogP contribution in [0, 0.1) is 0 Å². The van der Waals surface area contributed by atoms with Crippen LogP contribution < -0.4 is 5.32 Å². The number of nitrogens with one attached hydrogen (secondary N) is 1. The van der Waals surface area contributed by atoms with Gasteiger partial charge in [-0.2, -0.15) is 0 Å². The van der Waals surface area contributed by atoms with Crippen molar-refractivity contribution in [3.05, 3.63) is 29.8 Å². The van der Waals surface area contributed by atoms with Crippen molar-refractivity contribution in [1.82, 2.24) is 5.32 Å². The van der Waals surface area contributed by atoms with E-state index >= 15 is 0 Å². The first-order chi connectivity index (χ1) is 7.27. The first kappa shape index (κ1) is 10.5. The van der Waals surface area contributed by atoms with Crippen LogP contribution in [0.2, 0.25) is 0 Å². The van der Waals surface area contributed by atoms with E-state index in [4.69, 9.17) is 4.74 Å². The predicted molar refractivity (Wildman–Crippen MR) is 58.9 cm³/mol. The summed E-state index contributed by atoms with van der Waals surface area (Å²) in [6.07, 6.45) is 1.90. The van der Waals surface area contributed by atoms with Gasteiger partial charge in [-0.1, -0.05) is 12.1 Å². The van der Waals surface area contributed by atoms with E-state index < -0.39 is 0 Å². The molecule has 1 aromatic rings. The Morgan fingerprint density at radius 2 is 2.07 bits per heavy atom. The van der Waals surface area contributed by atoms with Crippen molar-refractivity contribution in [2.75, 3.05) is 20.2 Å². The molecule has 0 amide bonds. The van der Waals surface area contributed by atoms with E-state index in [0.29, 0.717) is 5.75 Å². The largest absolute Gasteiger partial charge is 0.508 e. The van der Waals surface area contributed by atoms with Gasteiger partial charge in [-0.25, -0.2) is 0 Å². The molecular formula is C12H17NO2. The van der Waals surface area contributed by atoms with Crippen molar-refractivity contribution in [1.29, 1.82) is 0 Å². The summed E-state index contributed by atoms with van der Waals surface area (Å²) in [5.74, 6) is 0.308. The molecule has 0 atom stereocenters. The minimum Gasteiger partial charge on any atom is -0.508 e. The van der Waals surface area contributed by atoms with Crippen LogP contribution in [0.15, 0.2) is 24.3 Å². The molecule has 15 heavy (non-hydrogen) atoms. The Kier molecular flexibility index (Phi) is 2.93. The molecule has 3 heteroatoms. The smallest absolute Gasteiger partial charge is 0.115 e. The maximum absolute atomic E-state index is 9.48. The lowest BCUT2D eigenvalue weighted by Gasteiger charge is -2.36. The predicted octanol–water partition coefficient (Wildman–Crippen LogP) is 1.62. The van der Waals surface area contributed by atoms with Gasteiger partial charge in [0, 0.05) is 7.11 Å². The monoisotopic (exact) mass is 207 g/mol. The first-order valence-corrected chi connectivity index (χ1v) is 5.32. The Morgan fingerprint density at radius 3 is 2.67 bits per heavy atom. The van der Waals surface area contributed by atoms with Gasteiger partial charge in [0.15, 0.2) is 0 Å². The summed E-state index contributed by atoms with van der Waals surface area (Å²) in [7, 11) is 1.75. The molecule has 82 valence electrons. The summed E-state index contributed by atoms with van der Waals surface area (Å²) >= 11 is 0. The van der Waals surface area contributed by atoms with E-state index in [1.54, 1.807) is 19.2 Å². The van der Waals surface area contributed by atoms with E-state index in [1.165, 1.54) is 0 Å². The molecule has 1 aliphatic rings. The van der Waals surface area contributed by atoms with Gasteiger partial charge >= 0.3 is 0 Å². The second-order valence-electron chi connectivity index (χ2n) is 4.00. The van der Waals surface area contributed by atoms with Crippen molar-refractivity contribution in [2.24, 2.45) is 0 Å². The molecule has 1 saturated heterocycles. The van der Waals surface area contributed by atoms with Gasteiger partial charge in [0.05, 0.1) is 5.60 Å². The maximum atomic E-state index is 9.48. The molecule has 2 N–H and O–H groups in total. The Labute approximate surface area is 90.1 Å². The molecule has 0 radical (unpaired) electrons. The van der Waals surface area contributed by atoms with Gasteiger partial charge in [0.25, 0.3) is 0 Å². The van der Waals surface area contributed by atoms with Gasteiger partial charge in [0.2, 0.25) is 0 Å². The number of aromatic hydroxyl groups is 1. The first-order valence-electron chi connectivity index (χ1n) is 5.32. The summed E-state index contributed by atoms with van der Waals surface area (Å²) < 4.78 is 5.67. The molecule has 1 aliphatic heterocycles. The van der Waals surface area contributed by atoms with Gasteiger partial charge in [-0.05, 0) is 43.6 Å². The third-order valence-corrected chi connectivity index (χ3v) is 3.17. The van der Waals surface area contributed by atoms with Crippen molar-refractivity contribution in [3.63, 3.8) is 0 Å². The zero-order valence-corrected chi connectivity index (χ0v) is 8.99. The number of rotatable bonds is 2. The van der Waals surface area contributed by atoms with Crippen LogP contribution in [0.5, 0.6) is 5.75 Å². The summed E-state index contributed by atoms with van der Waals surface area (Å²) in [6.45, 7) is 1.92. The molecule has 0 bridgehead atoms. The lowest BCUT2D eigenvalue weighted by molar-refractivity contribution is -0.0392. The second kappa shape index (κ2) is 4.21. The van der Waals surface area contributed by atoms with Crippen LogP contribution in [0.4, 0.5) is 0 Å². The Bertz CT molecular complexity index is 332. The standard InChI is InChI=1S/C12H17NO2/c1-15-12(5-7-13-8-6-12)10-3-2-4-11(14)9-10/h2-4,9,13-14H,5-8H2,1H3. The molecule has 0 spiro atoms. The summed E-state index contributed by atoms with van der Waals surface area (Å²) in [4.78, 5) is 0. The second-order valence-corrected chi connectivity index (χ2v) is 4.00. The lowest BCUT2D eigenvalue weighted by Crippen LogP contribution is -2.41. The van der Waals surface area contributed by atoms with E-state index in [-0.39, 0.29) is 5.60 Å². The molecule has 2 rings (SSSR count). The molecule has 0 aromatic heterocycles. The highest BCUT2D eigenvalue weighted by Gasteiger charge is 2.33. The van der Waals surface area contributed by atoms with Gasteiger partial charge in [-0.15, -0.1) is 0 Å². The third-order valence-electron chi connectivity index (χ3n) is 3.17. The highest BCUT2D eigenvalue weighted by molar-refractivity contribution is 5.32. The number of benzene rings is 1. The fourth-order valence-corrected chi connectivity index (χ4v) is 2.23. The molecule has 0 saturated carbocycles. The highest BCUT2D eigenvalue weighted by atomic mass is 16.5.